The van der Waals surface area contributed by atoms with E-state index in [1.165, 1.54) is 0 Å². The lowest BCUT2D eigenvalue weighted by Crippen LogP contribution is -2.33. The second-order valence-electron chi connectivity index (χ2n) is 7.70. The maximum Gasteiger partial charge on any atom is 0.280 e. The van der Waals surface area contributed by atoms with Gasteiger partial charge in [-0.2, -0.15) is 5.10 Å². The molecule has 1 amide bonds. The van der Waals surface area contributed by atoms with E-state index in [-0.39, 0.29) is 5.91 Å². The summed E-state index contributed by atoms with van der Waals surface area (Å²) in [4.78, 5) is 12.4. The first kappa shape index (κ1) is 22.8. The van der Waals surface area contributed by atoms with Gasteiger partial charge in [-0.3, -0.25) is 4.79 Å². The van der Waals surface area contributed by atoms with Crippen molar-refractivity contribution in [3.05, 3.63) is 120 Å². The molecule has 0 fully saturated rings. The highest BCUT2D eigenvalue weighted by atomic mass is 16.5. The Hall–Kier alpha value is -4.38. The largest absolute Gasteiger partial charge is 0.488 e. The van der Waals surface area contributed by atoms with Crippen LogP contribution in [0, 0.1) is 0 Å². The van der Waals surface area contributed by atoms with E-state index in [1.54, 1.807) is 13.1 Å². The van der Waals surface area contributed by atoms with Crippen molar-refractivity contribution in [3.63, 3.8) is 0 Å². The second-order valence-corrected chi connectivity index (χ2v) is 7.70. The number of carbonyl (C=O) groups excluding carboxylic acids is 1. The summed E-state index contributed by atoms with van der Waals surface area (Å²) in [7, 11) is 0. The molecule has 0 heterocycles. The van der Waals surface area contributed by atoms with Crippen LogP contribution in [0.2, 0.25) is 0 Å². The molecule has 1 N–H and O–H groups in total. The Morgan fingerprint density at radius 2 is 1.44 bits per heavy atom. The van der Waals surface area contributed by atoms with Crippen LogP contribution in [-0.4, -0.2) is 18.2 Å². The number of hydrogen-bond donors (Lipinski definition) is 1. The van der Waals surface area contributed by atoms with Gasteiger partial charge in [0, 0.05) is 5.56 Å². The van der Waals surface area contributed by atoms with Crippen LogP contribution in [0.5, 0.6) is 11.5 Å². The van der Waals surface area contributed by atoms with Gasteiger partial charge < -0.3 is 9.47 Å². The molecule has 1 atom stereocenters. The normalized spacial score (nSPS) is 11.7. The number of benzene rings is 4. The van der Waals surface area contributed by atoms with Crippen molar-refractivity contribution in [2.45, 2.75) is 19.6 Å². The summed E-state index contributed by atoms with van der Waals surface area (Å²) in [6, 6.07) is 35.2. The van der Waals surface area contributed by atoms with Crippen LogP contribution in [0.1, 0.15) is 18.1 Å². The Morgan fingerprint density at radius 3 is 2.18 bits per heavy atom. The SMILES string of the molecule is C[C@H](Oc1ccc(-c2ccccc2)cc1)C(=O)N/N=C\c1ccccc1OCc1ccccc1. The van der Waals surface area contributed by atoms with E-state index >= 15 is 0 Å². The van der Waals surface area contributed by atoms with Gasteiger partial charge in [0.2, 0.25) is 0 Å². The molecule has 0 aliphatic carbocycles. The average molecular weight is 451 g/mol. The number of nitrogens with zero attached hydrogens (tertiary/aromatic N) is 1. The molecule has 0 saturated heterocycles. The number of nitrogens with one attached hydrogen (secondary N) is 1. The first-order chi connectivity index (χ1) is 16.7. The number of ether oxygens (including phenoxy) is 2. The van der Waals surface area contributed by atoms with E-state index in [0.29, 0.717) is 18.1 Å². The summed E-state index contributed by atoms with van der Waals surface area (Å²) in [6.45, 7) is 2.14. The van der Waals surface area contributed by atoms with Crippen molar-refractivity contribution in [3.8, 4) is 22.6 Å². The van der Waals surface area contributed by atoms with Crippen molar-refractivity contribution in [2.75, 3.05) is 0 Å². The molecule has 0 spiro atoms. The number of hydrogen-bond acceptors (Lipinski definition) is 4. The zero-order chi connectivity index (χ0) is 23.6. The highest BCUT2D eigenvalue weighted by molar-refractivity contribution is 5.86. The molecule has 5 nitrogen and oxygen atoms in total. The smallest absolute Gasteiger partial charge is 0.280 e. The highest BCUT2D eigenvalue weighted by Gasteiger charge is 2.14. The lowest BCUT2D eigenvalue weighted by atomic mass is 10.1. The van der Waals surface area contributed by atoms with Gasteiger partial charge in [-0.05, 0) is 47.9 Å². The summed E-state index contributed by atoms with van der Waals surface area (Å²) >= 11 is 0. The van der Waals surface area contributed by atoms with Crippen molar-refractivity contribution < 1.29 is 14.3 Å². The Kier molecular flexibility index (Phi) is 7.70. The number of amides is 1. The van der Waals surface area contributed by atoms with E-state index in [0.717, 1.165) is 22.3 Å². The van der Waals surface area contributed by atoms with Crippen LogP contribution in [0.15, 0.2) is 114 Å². The number of carbonyl (C=O) groups is 1. The van der Waals surface area contributed by atoms with Crippen LogP contribution in [-0.2, 0) is 11.4 Å². The molecule has 0 unspecified atom stereocenters. The summed E-state index contributed by atoms with van der Waals surface area (Å²) in [5.74, 6) is 0.962. The summed E-state index contributed by atoms with van der Waals surface area (Å²) in [6.07, 6.45) is 0.865. The zero-order valence-corrected chi connectivity index (χ0v) is 18.9. The van der Waals surface area contributed by atoms with E-state index in [9.17, 15) is 4.79 Å². The Balaban J connectivity index is 1.30. The van der Waals surface area contributed by atoms with Crippen LogP contribution < -0.4 is 14.9 Å². The molecule has 5 heteroatoms. The van der Waals surface area contributed by atoms with Crippen LogP contribution in [0.3, 0.4) is 0 Å². The van der Waals surface area contributed by atoms with Crippen LogP contribution in [0.4, 0.5) is 0 Å². The van der Waals surface area contributed by atoms with Gasteiger partial charge in [0.15, 0.2) is 6.10 Å². The van der Waals surface area contributed by atoms with Crippen molar-refractivity contribution in [2.24, 2.45) is 5.10 Å². The minimum Gasteiger partial charge on any atom is -0.488 e. The van der Waals surface area contributed by atoms with E-state index in [2.05, 4.69) is 22.7 Å². The van der Waals surface area contributed by atoms with Crippen molar-refractivity contribution in [1.82, 2.24) is 5.43 Å². The predicted octanol–water partition coefficient (Wildman–Crippen LogP) is 5.85. The number of para-hydroxylation sites is 1. The Bertz CT molecular complexity index is 1220. The molecule has 4 rings (SSSR count). The summed E-state index contributed by atoms with van der Waals surface area (Å²) in [5.41, 5.74) is 6.59. The molecule has 0 saturated carbocycles. The monoisotopic (exact) mass is 450 g/mol. The predicted molar refractivity (Wildman–Crippen MR) is 135 cm³/mol. The van der Waals surface area contributed by atoms with Gasteiger partial charge in [0.1, 0.15) is 18.1 Å². The summed E-state index contributed by atoms with van der Waals surface area (Å²) in [5, 5.41) is 4.09. The first-order valence-corrected chi connectivity index (χ1v) is 11.1. The standard InChI is InChI=1S/C29H26N2O3/c1-22(34-27-18-16-25(17-19-27)24-12-6-3-7-13-24)29(32)31-30-20-26-14-8-9-15-28(26)33-21-23-10-4-2-5-11-23/h2-20,22H,21H2,1H3,(H,31,32)/b30-20-/t22-/m0/s1. The minimum atomic E-state index is -0.704. The van der Waals surface area contributed by atoms with Gasteiger partial charge in [-0.25, -0.2) is 5.43 Å². The Labute approximate surface area is 199 Å². The highest BCUT2D eigenvalue weighted by Crippen LogP contribution is 2.22. The third kappa shape index (κ3) is 6.33. The van der Waals surface area contributed by atoms with Crippen LogP contribution >= 0.6 is 0 Å². The average Bonchev–Trinajstić information content (AvgIpc) is 2.89. The molecule has 170 valence electrons. The topological polar surface area (TPSA) is 59.9 Å². The molecule has 4 aromatic carbocycles. The van der Waals surface area contributed by atoms with Crippen molar-refractivity contribution in [1.29, 1.82) is 0 Å². The number of rotatable bonds is 9. The summed E-state index contributed by atoms with van der Waals surface area (Å²) < 4.78 is 11.7. The van der Waals surface area contributed by atoms with E-state index in [4.69, 9.17) is 9.47 Å². The second kappa shape index (κ2) is 11.5. The molecular weight excluding hydrogens is 424 g/mol. The molecule has 0 aromatic heterocycles. The number of hydrazone groups is 1. The maximum absolute atomic E-state index is 12.4. The molecule has 0 radical (unpaired) electrons. The molecule has 4 aromatic rings. The van der Waals surface area contributed by atoms with E-state index < -0.39 is 6.10 Å². The van der Waals surface area contributed by atoms with Gasteiger partial charge in [0.05, 0.1) is 6.21 Å². The fraction of sp³-hybridized carbons (Fsp3) is 0.103. The third-order valence-electron chi connectivity index (χ3n) is 5.18. The first-order valence-electron chi connectivity index (χ1n) is 11.1. The molecule has 0 aliphatic heterocycles. The van der Waals surface area contributed by atoms with E-state index in [1.807, 2.05) is 97.1 Å². The maximum atomic E-state index is 12.4. The minimum absolute atomic E-state index is 0.342. The van der Waals surface area contributed by atoms with Crippen molar-refractivity contribution >= 4 is 12.1 Å². The Morgan fingerprint density at radius 1 is 0.824 bits per heavy atom. The molecule has 0 bridgehead atoms. The lowest BCUT2D eigenvalue weighted by Gasteiger charge is -2.13. The molecule has 34 heavy (non-hydrogen) atoms. The zero-order valence-electron chi connectivity index (χ0n) is 18.9. The fourth-order valence-electron chi connectivity index (χ4n) is 3.32. The van der Waals surface area contributed by atoms with Gasteiger partial charge in [-0.1, -0.05) is 84.9 Å². The lowest BCUT2D eigenvalue weighted by molar-refractivity contribution is -0.127. The van der Waals surface area contributed by atoms with Crippen LogP contribution in [0.25, 0.3) is 11.1 Å². The quantitative estimate of drug-likeness (QED) is 0.257. The third-order valence-corrected chi connectivity index (χ3v) is 5.18. The molecular formula is C29H26N2O3. The fourth-order valence-corrected chi connectivity index (χ4v) is 3.32. The molecule has 0 aliphatic rings. The van der Waals surface area contributed by atoms with Gasteiger partial charge in [-0.15, -0.1) is 0 Å². The van der Waals surface area contributed by atoms with Gasteiger partial charge in [0.25, 0.3) is 5.91 Å². The van der Waals surface area contributed by atoms with Gasteiger partial charge >= 0.3 is 0 Å².